The van der Waals surface area contributed by atoms with Crippen molar-refractivity contribution in [2.45, 2.75) is 39.5 Å². The Hall–Kier alpha value is -0.680. The minimum absolute atomic E-state index is 0.0700. The summed E-state index contributed by atoms with van der Waals surface area (Å²) in [7, 11) is 0. The van der Waals surface area contributed by atoms with E-state index in [9.17, 15) is 4.79 Å². The molecular weight excluding hydrogens is 222 g/mol. The quantitative estimate of drug-likeness (QED) is 0.843. The van der Waals surface area contributed by atoms with E-state index in [2.05, 4.69) is 23.2 Å². The fourth-order valence-electron chi connectivity index (χ4n) is 2.88. The van der Waals surface area contributed by atoms with Gasteiger partial charge in [0.1, 0.15) is 5.82 Å². The minimum Gasteiger partial charge on any atom is -0.330 e. The first kappa shape index (κ1) is 11.8. The van der Waals surface area contributed by atoms with Crippen molar-refractivity contribution in [3.05, 3.63) is 15.5 Å². The van der Waals surface area contributed by atoms with E-state index in [1.807, 2.05) is 0 Å². The van der Waals surface area contributed by atoms with Crippen molar-refractivity contribution >= 4 is 11.5 Å². The van der Waals surface area contributed by atoms with Crippen molar-refractivity contribution in [2.75, 3.05) is 6.54 Å². The average molecular weight is 241 g/mol. The summed E-state index contributed by atoms with van der Waals surface area (Å²) in [5, 5.41) is 0. The lowest BCUT2D eigenvalue weighted by atomic mass is 9.79. The van der Waals surface area contributed by atoms with Crippen molar-refractivity contribution in [3.63, 3.8) is 0 Å². The maximum atomic E-state index is 11.1. The Morgan fingerprint density at radius 1 is 1.50 bits per heavy atom. The fraction of sp³-hybridized carbons (Fsp3) is 0.818. The molecule has 3 N–H and O–H groups in total. The first-order valence-electron chi connectivity index (χ1n) is 5.70. The Bertz CT molecular complexity index is 423. The van der Waals surface area contributed by atoms with Gasteiger partial charge in [0.05, 0.1) is 0 Å². The van der Waals surface area contributed by atoms with Gasteiger partial charge in [-0.25, -0.2) is 0 Å². The van der Waals surface area contributed by atoms with Gasteiger partial charge in [-0.1, -0.05) is 13.8 Å². The molecule has 0 saturated heterocycles. The number of nitrogens with one attached hydrogen (secondary N) is 1. The lowest BCUT2D eigenvalue weighted by molar-refractivity contribution is 0.256. The van der Waals surface area contributed by atoms with Gasteiger partial charge in [-0.05, 0) is 36.6 Å². The predicted octanol–water partition coefficient (Wildman–Crippen LogP) is 1.53. The highest BCUT2D eigenvalue weighted by Crippen LogP contribution is 2.49. The van der Waals surface area contributed by atoms with E-state index in [0.29, 0.717) is 12.0 Å². The van der Waals surface area contributed by atoms with Crippen molar-refractivity contribution in [1.29, 1.82) is 0 Å². The zero-order valence-corrected chi connectivity index (χ0v) is 10.7. The molecule has 16 heavy (non-hydrogen) atoms. The fourth-order valence-corrected chi connectivity index (χ4v) is 3.35. The number of hydrogen-bond donors (Lipinski definition) is 2. The molecule has 5 heteroatoms. The lowest BCUT2D eigenvalue weighted by Gasteiger charge is -2.28. The number of H-pyrrole nitrogens is 1. The summed E-state index contributed by atoms with van der Waals surface area (Å²) < 4.78 is 4.14. The van der Waals surface area contributed by atoms with E-state index in [0.717, 1.165) is 36.6 Å². The van der Waals surface area contributed by atoms with Gasteiger partial charge in [-0.3, -0.25) is 9.78 Å². The van der Waals surface area contributed by atoms with Crippen LogP contribution in [-0.4, -0.2) is 15.9 Å². The topological polar surface area (TPSA) is 71.8 Å². The SMILES string of the molecule is CC1(C)CC[C@@](CN)(Cc2nsc(=O)[nH]2)C1. The molecule has 1 aromatic heterocycles. The largest absolute Gasteiger partial charge is 0.330 e. The molecule has 0 spiro atoms. The molecular formula is C11H19N3OS. The molecule has 0 aliphatic heterocycles. The zero-order chi connectivity index (χ0) is 11.8. The van der Waals surface area contributed by atoms with Crippen LogP contribution in [0.1, 0.15) is 38.9 Å². The number of aromatic nitrogens is 2. The van der Waals surface area contributed by atoms with E-state index in [4.69, 9.17) is 5.73 Å². The normalized spacial score (nSPS) is 28.4. The molecule has 0 unspecified atom stereocenters. The molecule has 1 aliphatic carbocycles. The number of aromatic amines is 1. The van der Waals surface area contributed by atoms with E-state index >= 15 is 0 Å². The van der Waals surface area contributed by atoms with E-state index in [1.165, 1.54) is 6.42 Å². The van der Waals surface area contributed by atoms with Crippen molar-refractivity contribution in [1.82, 2.24) is 9.36 Å². The van der Waals surface area contributed by atoms with Crippen LogP contribution in [0.4, 0.5) is 0 Å². The third-order valence-corrected chi connectivity index (χ3v) is 4.23. The summed E-state index contributed by atoms with van der Waals surface area (Å²) in [6.45, 7) is 5.25. The predicted molar refractivity (Wildman–Crippen MR) is 65.6 cm³/mol. The summed E-state index contributed by atoms with van der Waals surface area (Å²) in [4.78, 5) is 13.8. The van der Waals surface area contributed by atoms with Crippen molar-refractivity contribution < 1.29 is 0 Å². The molecule has 0 radical (unpaired) electrons. The van der Waals surface area contributed by atoms with Crippen LogP contribution in [0.2, 0.25) is 0 Å². The molecule has 4 nitrogen and oxygen atoms in total. The molecule has 1 atom stereocenters. The van der Waals surface area contributed by atoms with Gasteiger partial charge in [-0.2, -0.15) is 4.37 Å². The average Bonchev–Trinajstić information content (AvgIpc) is 2.72. The van der Waals surface area contributed by atoms with Crippen LogP contribution in [0.15, 0.2) is 4.79 Å². The maximum absolute atomic E-state index is 11.1. The third-order valence-electron chi connectivity index (χ3n) is 3.65. The van der Waals surface area contributed by atoms with Crippen LogP contribution >= 0.6 is 11.5 Å². The first-order valence-corrected chi connectivity index (χ1v) is 6.47. The van der Waals surface area contributed by atoms with Gasteiger partial charge in [0.2, 0.25) is 0 Å². The highest BCUT2D eigenvalue weighted by molar-refractivity contribution is 7.02. The summed E-state index contributed by atoms with van der Waals surface area (Å²) in [5.74, 6) is 0.804. The Kier molecular flexibility index (Phi) is 2.92. The second kappa shape index (κ2) is 3.96. The number of nitrogens with two attached hydrogens (primary N) is 1. The molecule has 2 rings (SSSR count). The van der Waals surface area contributed by atoms with Crippen molar-refractivity contribution in [3.8, 4) is 0 Å². The maximum Gasteiger partial charge on any atom is 0.323 e. The van der Waals surface area contributed by atoms with E-state index < -0.39 is 0 Å². The van der Waals surface area contributed by atoms with E-state index in [1.54, 1.807) is 0 Å². The molecule has 0 amide bonds. The monoisotopic (exact) mass is 241 g/mol. The van der Waals surface area contributed by atoms with Crippen molar-refractivity contribution in [2.24, 2.45) is 16.6 Å². The van der Waals surface area contributed by atoms with Crippen LogP contribution < -0.4 is 10.6 Å². The summed E-state index contributed by atoms with van der Waals surface area (Å²) in [6, 6.07) is 0. The lowest BCUT2D eigenvalue weighted by Crippen LogP contribution is -2.31. The van der Waals surface area contributed by atoms with Gasteiger partial charge in [-0.15, -0.1) is 0 Å². The molecule has 0 aromatic carbocycles. The smallest absolute Gasteiger partial charge is 0.323 e. The Balaban J connectivity index is 2.15. The Morgan fingerprint density at radius 3 is 2.69 bits per heavy atom. The summed E-state index contributed by atoms with van der Waals surface area (Å²) >= 11 is 0.995. The second-order valence-electron chi connectivity index (χ2n) is 5.76. The van der Waals surface area contributed by atoms with Crippen LogP contribution in [0, 0.1) is 10.8 Å². The minimum atomic E-state index is -0.0700. The molecule has 90 valence electrons. The zero-order valence-electron chi connectivity index (χ0n) is 9.88. The van der Waals surface area contributed by atoms with Crippen LogP contribution in [0.25, 0.3) is 0 Å². The van der Waals surface area contributed by atoms with Crippen LogP contribution in [-0.2, 0) is 6.42 Å². The Morgan fingerprint density at radius 2 is 2.25 bits per heavy atom. The number of nitrogens with zero attached hydrogens (tertiary/aromatic N) is 1. The number of rotatable bonds is 3. The number of hydrogen-bond acceptors (Lipinski definition) is 4. The first-order chi connectivity index (χ1) is 7.45. The summed E-state index contributed by atoms with van der Waals surface area (Å²) in [6.07, 6.45) is 4.27. The van der Waals surface area contributed by atoms with Crippen LogP contribution in [0.3, 0.4) is 0 Å². The van der Waals surface area contributed by atoms with Gasteiger partial charge >= 0.3 is 4.87 Å². The molecule has 0 bridgehead atoms. The highest BCUT2D eigenvalue weighted by Gasteiger charge is 2.42. The molecule has 1 heterocycles. The van der Waals surface area contributed by atoms with Gasteiger partial charge in [0, 0.05) is 18.0 Å². The molecule has 1 aromatic rings. The van der Waals surface area contributed by atoms with Gasteiger partial charge in [0.25, 0.3) is 0 Å². The van der Waals surface area contributed by atoms with Gasteiger partial charge < -0.3 is 5.73 Å². The molecule has 1 saturated carbocycles. The third kappa shape index (κ3) is 2.35. The van der Waals surface area contributed by atoms with Crippen LogP contribution in [0.5, 0.6) is 0 Å². The summed E-state index contributed by atoms with van der Waals surface area (Å²) in [5.41, 5.74) is 6.44. The second-order valence-corrected chi connectivity index (χ2v) is 6.50. The van der Waals surface area contributed by atoms with Gasteiger partial charge in [0.15, 0.2) is 0 Å². The molecule has 1 aliphatic rings. The Labute approximate surface area is 99.4 Å². The standard InChI is InChI=1S/C11H19N3OS/c1-10(2)3-4-11(6-10,7-12)5-8-13-9(15)16-14-8/h3-7,12H2,1-2H3,(H,13,14,15)/t11-/m1/s1. The van der Waals surface area contributed by atoms with E-state index in [-0.39, 0.29) is 10.3 Å². The highest BCUT2D eigenvalue weighted by atomic mass is 32.1. The molecule has 1 fully saturated rings.